The van der Waals surface area contributed by atoms with Crippen molar-refractivity contribution in [3.05, 3.63) is 352 Å². The molecule has 22 aromatic rings. The molecular weight excluding hydrogens is 1390 g/mol. The monoisotopic (exact) mass is 1450 g/mol. The predicted octanol–water partition coefficient (Wildman–Crippen LogP) is 28.2. The van der Waals surface area contributed by atoms with Crippen molar-refractivity contribution in [3.63, 3.8) is 0 Å². The average Bonchev–Trinajstić information content (AvgIpc) is 1.32. The lowest BCUT2D eigenvalue weighted by atomic mass is 9.94. The molecule has 0 aliphatic heterocycles. The van der Waals surface area contributed by atoms with Crippen molar-refractivity contribution in [2.45, 2.75) is 0 Å². The molecule has 0 bridgehead atoms. The molecule has 0 atom stereocenters. The highest BCUT2D eigenvalue weighted by molar-refractivity contribution is 7.27. The fraction of sp³-hybridized carbons (Fsp3) is 0. The zero-order valence-electron chi connectivity index (χ0n) is 57.8. The first-order valence-electron chi connectivity index (χ1n) is 36.0. The van der Waals surface area contributed by atoms with Gasteiger partial charge >= 0.3 is 0 Å². The van der Waals surface area contributed by atoms with Crippen LogP contribution in [0.4, 0.5) is 0 Å². The molecule has 0 unspecified atom stereocenters. The minimum absolute atomic E-state index is 0.638. The Kier molecular flexibility index (Phi) is 15.6. The number of hydrogen-bond acceptors (Lipinski definition) is 10. The second-order valence-corrected chi connectivity index (χ2v) is 31.6. The summed E-state index contributed by atoms with van der Waals surface area (Å²) in [5, 5.41) is 14.9. The lowest BCUT2D eigenvalue weighted by molar-refractivity contribution is 1.07. The Morgan fingerprint density at radius 3 is 0.676 bits per heavy atom. The summed E-state index contributed by atoms with van der Waals surface area (Å²) in [6.07, 6.45) is 0. The molecule has 108 heavy (non-hydrogen) atoms. The molecule has 10 heteroatoms. The Balaban J connectivity index is 0.000000138. The van der Waals surface area contributed by atoms with Gasteiger partial charge in [-0.3, -0.25) is 0 Å². The molecule has 0 N–H and O–H groups in total. The van der Waals surface area contributed by atoms with Gasteiger partial charge in [-0.2, -0.15) is 0 Å². The molecule has 0 radical (unpaired) electrons. The Morgan fingerprint density at radius 1 is 0.130 bits per heavy atom. The summed E-state index contributed by atoms with van der Waals surface area (Å²) < 4.78 is 10.4. The van der Waals surface area contributed by atoms with Gasteiger partial charge < -0.3 is 0 Å². The van der Waals surface area contributed by atoms with Crippen molar-refractivity contribution in [3.8, 4) is 113 Å². The van der Waals surface area contributed by atoms with Gasteiger partial charge in [0, 0.05) is 114 Å². The molecule has 0 spiro atoms. The van der Waals surface area contributed by atoms with Crippen molar-refractivity contribution in [2.75, 3.05) is 0 Å². The molecular formula is C98H58N6S4. The lowest BCUT2D eigenvalue weighted by Crippen LogP contribution is -2.00. The van der Waals surface area contributed by atoms with Crippen molar-refractivity contribution >= 4 is 148 Å². The van der Waals surface area contributed by atoms with E-state index in [-0.39, 0.29) is 0 Å². The maximum Gasteiger partial charge on any atom is 0.164 e. The van der Waals surface area contributed by atoms with Crippen LogP contribution in [0.1, 0.15) is 0 Å². The van der Waals surface area contributed by atoms with E-state index in [0.717, 1.165) is 88.7 Å². The van der Waals surface area contributed by atoms with Gasteiger partial charge in [0.15, 0.2) is 34.9 Å². The van der Waals surface area contributed by atoms with E-state index in [1.165, 1.54) is 91.5 Å². The summed E-state index contributed by atoms with van der Waals surface area (Å²) >= 11 is 7.37. The fourth-order valence-corrected chi connectivity index (χ4v) is 19.5. The summed E-state index contributed by atoms with van der Waals surface area (Å²) in [6, 6.07) is 126. The highest BCUT2D eigenvalue weighted by atomic mass is 32.1. The van der Waals surface area contributed by atoms with Crippen LogP contribution in [-0.4, -0.2) is 29.9 Å². The van der Waals surface area contributed by atoms with Gasteiger partial charge in [-0.1, -0.05) is 231 Å². The minimum Gasteiger partial charge on any atom is -0.208 e. The van der Waals surface area contributed by atoms with E-state index in [2.05, 4.69) is 315 Å². The molecule has 504 valence electrons. The molecule has 16 aromatic carbocycles. The van der Waals surface area contributed by atoms with Crippen molar-refractivity contribution in [2.24, 2.45) is 0 Å². The first-order valence-corrected chi connectivity index (χ1v) is 39.3. The number of fused-ring (bicyclic) bond motifs is 14. The third-order valence-corrected chi connectivity index (χ3v) is 25.2. The van der Waals surface area contributed by atoms with Gasteiger partial charge in [-0.05, 0) is 187 Å². The molecule has 0 aliphatic carbocycles. The van der Waals surface area contributed by atoms with Crippen LogP contribution in [-0.2, 0) is 0 Å². The highest BCUT2D eigenvalue weighted by Crippen LogP contribution is 2.45. The Morgan fingerprint density at radius 2 is 0.361 bits per heavy atom. The van der Waals surface area contributed by atoms with E-state index in [1.807, 2.05) is 81.7 Å². The largest absolute Gasteiger partial charge is 0.208 e. The van der Waals surface area contributed by atoms with E-state index in [0.29, 0.717) is 34.9 Å². The van der Waals surface area contributed by atoms with Gasteiger partial charge in [-0.25, -0.2) is 29.9 Å². The summed E-state index contributed by atoms with van der Waals surface area (Å²) in [5.74, 6) is 3.86. The predicted molar refractivity (Wildman–Crippen MR) is 461 cm³/mol. The van der Waals surface area contributed by atoms with Crippen LogP contribution < -0.4 is 0 Å². The highest BCUT2D eigenvalue weighted by Gasteiger charge is 2.21. The smallest absolute Gasteiger partial charge is 0.164 e. The first-order chi connectivity index (χ1) is 53.4. The number of hydrogen-bond donors (Lipinski definition) is 0. The summed E-state index contributed by atoms with van der Waals surface area (Å²) in [7, 11) is 0. The van der Waals surface area contributed by atoms with Crippen molar-refractivity contribution < 1.29 is 0 Å². The molecule has 0 amide bonds. The minimum atomic E-state index is 0.638. The second-order valence-electron chi connectivity index (χ2n) is 27.3. The van der Waals surface area contributed by atoms with Gasteiger partial charge in [-0.15, -0.1) is 45.3 Å². The third-order valence-electron chi connectivity index (χ3n) is 20.6. The molecule has 6 heterocycles. The Labute approximate surface area is 637 Å². The van der Waals surface area contributed by atoms with Crippen LogP contribution in [0.3, 0.4) is 0 Å². The standard InChI is InChI=1S/2C49H29N3S2/c2*1-2-11-31(12-3-1)47-50-48(35-19-18-30-10-4-5-13-32(30)24-35)52-49(51-47)38-26-36(33-20-22-45-41(28-33)39-14-6-8-16-43(39)53-45)25-37(27-38)34-21-23-46-42(29-34)40-15-7-9-17-44(40)54-46/h2*1-29H. The number of aromatic nitrogens is 6. The fourth-order valence-electron chi connectivity index (χ4n) is 15.2. The molecule has 0 aliphatic rings. The zero-order valence-corrected chi connectivity index (χ0v) is 61.1. The van der Waals surface area contributed by atoms with E-state index in [9.17, 15) is 0 Å². The van der Waals surface area contributed by atoms with Gasteiger partial charge in [0.25, 0.3) is 0 Å². The SMILES string of the molecule is c1ccc(-c2nc(-c3cc(-c4ccc5sc6ccccc6c5c4)cc(-c4ccc5sc6ccccc6c5c4)c3)nc(-c3ccc4ccccc4c3)n2)cc1.c1ccc(-c2nc(-c3cc(-c4ccc5sc6ccccc6c5c4)cc(-c4ccc5sc6ccccc6c5c4)c3)nc(-c3ccc4ccccc4c3)n2)cc1. The van der Waals surface area contributed by atoms with Crippen molar-refractivity contribution in [1.82, 2.24) is 29.9 Å². The summed E-state index contributed by atoms with van der Waals surface area (Å²) in [5.41, 5.74) is 14.8. The third kappa shape index (κ3) is 11.7. The first kappa shape index (κ1) is 63.4. The number of benzene rings is 16. The number of rotatable bonds is 10. The van der Waals surface area contributed by atoms with Crippen LogP contribution >= 0.6 is 45.3 Å². The van der Waals surface area contributed by atoms with Gasteiger partial charge in [0.2, 0.25) is 0 Å². The normalized spacial score (nSPS) is 11.7. The van der Waals surface area contributed by atoms with Crippen LogP contribution in [0, 0.1) is 0 Å². The Bertz CT molecular complexity index is 6640. The van der Waals surface area contributed by atoms with Crippen LogP contribution in [0.25, 0.3) is 215 Å². The Hall–Kier alpha value is -13.1. The quantitative estimate of drug-likeness (QED) is 0.136. The van der Waals surface area contributed by atoms with Crippen LogP contribution in [0.2, 0.25) is 0 Å². The van der Waals surface area contributed by atoms with E-state index < -0.39 is 0 Å². The van der Waals surface area contributed by atoms with Crippen LogP contribution in [0.15, 0.2) is 352 Å². The molecule has 0 saturated heterocycles. The second kappa shape index (κ2) is 26.5. The van der Waals surface area contributed by atoms with Gasteiger partial charge in [0.05, 0.1) is 0 Å². The van der Waals surface area contributed by atoms with Crippen LogP contribution in [0.5, 0.6) is 0 Å². The maximum absolute atomic E-state index is 5.22. The topological polar surface area (TPSA) is 77.3 Å². The van der Waals surface area contributed by atoms with Crippen molar-refractivity contribution in [1.29, 1.82) is 0 Å². The van der Waals surface area contributed by atoms with E-state index >= 15 is 0 Å². The summed E-state index contributed by atoms with van der Waals surface area (Å²) in [4.78, 5) is 30.9. The van der Waals surface area contributed by atoms with E-state index in [1.54, 1.807) is 0 Å². The average molecular weight is 1450 g/mol. The molecule has 22 rings (SSSR count). The molecule has 6 nitrogen and oxygen atoms in total. The molecule has 6 aromatic heterocycles. The zero-order chi connectivity index (χ0) is 71.2. The maximum atomic E-state index is 5.22. The number of nitrogens with zero attached hydrogens (tertiary/aromatic N) is 6. The number of thiophene rings is 4. The van der Waals surface area contributed by atoms with Gasteiger partial charge in [0.1, 0.15) is 0 Å². The lowest BCUT2D eigenvalue weighted by Gasteiger charge is -2.13. The molecule has 0 fully saturated rings. The summed E-state index contributed by atoms with van der Waals surface area (Å²) in [6.45, 7) is 0. The van der Waals surface area contributed by atoms with E-state index in [4.69, 9.17) is 29.9 Å². The molecule has 0 saturated carbocycles.